The number of H-pyrrole nitrogens is 1. The van der Waals surface area contributed by atoms with Gasteiger partial charge in [-0.2, -0.15) is 5.26 Å². The van der Waals surface area contributed by atoms with Crippen molar-refractivity contribution in [3.05, 3.63) is 36.8 Å². The van der Waals surface area contributed by atoms with Gasteiger partial charge in [0.2, 0.25) is 5.82 Å². The molecule has 0 spiro atoms. The molecule has 0 bridgehead atoms. The molecule has 24 heavy (non-hydrogen) atoms. The van der Waals surface area contributed by atoms with Crippen LogP contribution in [0.1, 0.15) is 12.2 Å². The lowest BCUT2D eigenvalue weighted by atomic mass is 10.2. The number of nitrogens with zero attached hydrogens (tertiary/aromatic N) is 7. The van der Waals surface area contributed by atoms with Crippen molar-refractivity contribution in [1.29, 1.82) is 5.26 Å². The normalized spacial score (nSPS) is 17.2. The maximum absolute atomic E-state index is 8.79. The zero-order chi connectivity index (χ0) is 16.5. The summed E-state index contributed by atoms with van der Waals surface area (Å²) in [5, 5.41) is 9.82. The molecule has 0 aromatic carbocycles. The van der Waals surface area contributed by atoms with Gasteiger partial charge >= 0.3 is 0 Å². The fourth-order valence-electron chi connectivity index (χ4n) is 3.15. The molecule has 8 heteroatoms. The van der Waals surface area contributed by atoms with E-state index in [0.29, 0.717) is 6.04 Å². The average molecular weight is 320 g/mol. The predicted molar refractivity (Wildman–Crippen MR) is 89.7 cm³/mol. The Kier molecular flexibility index (Phi) is 3.46. The Hall–Kier alpha value is -3.21. The van der Waals surface area contributed by atoms with Gasteiger partial charge in [0.15, 0.2) is 0 Å². The standard InChI is InChI=1S/C16H16N8/c1-23(16-13-2-4-18-15(13)21-10-22-16)11-3-5-24(9-11)12-7-19-14(6-17)20-8-12/h2,4,7-8,10-11H,3,5,9H2,1H3,(H,18,21,22)/t11-/m0/s1. The first-order chi connectivity index (χ1) is 11.8. The molecule has 1 atom stereocenters. The van der Waals surface area contributed by atoms with E-state index in [1.165, 1.54) is 0 Å². The van der Waals surface area contributed by atoms with E-state index in [9.17, 15) is 0 Å². The number of hydrogen-bond acceptors (Lipinski definition) is 7. The van der Waals surface area contributed by atoms with Crippen LogP contribution in [0.4, 0.5) is 11.5 Å². The highest BCUT2D eigenvalue weighted by Gasteiger charge is 2.28. The molecule has 0 radical (unpaired) electrons. The maximum Gasteiger partial charge on any atom is 0.232 e. The summed E-state index contributed by atoms with van der Waals surface area (Å²) in [6.07, 6.45) is 7.91. The van der Waals surface area contributed by atoms with Crippen LogP contribution in [0.5, 0.6) is 0 Å². The minimum atomic E-state index is 0.197. The Morgan fingerprint density at radius 1 is 1.29 bits per heavy atom. The van der Waals surface area contributed by atoms with Gasteiger partial charge in [-0.1, -0.05) is 0 Å². The summed E-state index contributed by atoms with van der Waals surface area (Å²) in [6.45, 7) is 1.79. The molecule has 3 aromatic heterocycles. The van der Waals surface area contributed by atoms with E-state index in [0.717, 1.165) is 42.0 Å². The van der Waals surface area contributed by atoms with E-state index in [2.05, 4.69) is 41.8 Å². The predicted octanol–water partition coefficient (Wildman–Crippen LogP) is 1.33. The minimum absolute atomic E-state index is 0.197. The van der Waals surface area contributed by atoms with Gasteiger partial charge < -0.3 is 14.8 Å². The molecule has 0 unspecified atom stereocenters. The zero-order valence-corrected chi connectivity index (χ0v) is 13.2. The number of hydrogen-bond donors (Lipinski definition) is 1. The highest BCUT2D eigenvalue weighted by atomic mass is 15.3. The number of fused-ring (bicyclic) bond motifs is 1. The Balaban J connectivity index is 1.53. The van der Waals surface area contributed by atoms with Crippen molar-refractivity contribution < 1.29 is 0 Å². The molecule has 120 valence electrons. The molecule has 0 saturated carbocycles. The third kappa shape index (κ3) is 2.40. The van der Waals surface area contributed by atoms with Gasteiger partial charge in [0.1, 0.15) is 23.9 Å². The van der Waals surface area contributed by atoms with Crippen molar-refractivity contribution in [3.8, 4) is 6.07 Å². The Labute approximate surface area is 138 Å². The van der Waals surface area contributed by atoms with Gasteiger partial charge in [-0.3, -0.25) is 0 Å². The topological polar surface area (TPSA) is 97.6 Å². The molecule has 1 N–H and O–H groups in total. The first-order valence-electron chi connectivity index (χ1n) is 7.74. The van der Waals surface area contributed by atoms with Gasteiger partial charge in [0.05, 0.1) is 23.5 Å². The van der Waals surface area contributed by atoms with Crippen LogP contribution in [0.25, 0.3) is 11.0 Å². The molecule has 1 aliphatic heterocycles. The summed E-state index contributed by atoms with van der Waals surface area (Å²) in [5.41, 5.74) is 1.79. The molecule has 1 fully saturated rings. The summed E-state index contributed by atoms with van der Waals surface area (Å²) in [5.74, 6) is 1.13. The lowest BCUT2D eigenvalue weighted by molar-refractivity contribution is 0.686. The van der Waals surface area contributed by atoms with E-state index in [-0.39, 0.29) is 5.82 Å². The number of nitrogens with one attached hydrogen (secondary N) is 1. The second-order valence-corrected chi connectivity index (χ2v) is 5.81. The van der Waals surface area contributed by atoms with Gasteiger partial charge in [0, 0.05) is 32.4 Å². The Bertz CT molecular complexity index is 894. The van der Waals surface area contributed by atoms with E-state index in [1.54, 1.807) is 18.7 Å². The number of aromatic nitrogens is 5. The lowest BCUT2D eigenvalue weighted by Gasteiger charge is -2.26. The van der Waals surface area contributed by atoms with Crippen LogP contribution in [0.3, 0.4) is 0 Å². The molecule has 4 rings (SSSR count). The number of aromatic amines is 1. The summed E-state index contributed by atoms with van der Waals surface area (Å²) >= 11 is 0. The summed E-state index contributed by atoms with van der Waals surface area (Å²) in [6, 6.07) is 4.29. The smallest absolute Gasteiger partial charge is 0.232 e. The first kappa shape index (κ1) is 14.4. The fraction of sp³-hybridized carbons (Fsp3) is 0.312. The Morgan fingerprint density at radius 3 is 2.92 bits per heavy atom. The van der Waals surface area contributed by atoms with E-state index >= 15 is 0 Å². The second kappa shape index (κ2) is 5.77. The quantitative estimate of drug-likeness (QED) is 0.777. The number of anilines is 2. The van der Waals surface area contributed by atoms with Crippen molar-refractivity contribution in [3.63, 3.8) is 0 Å². The third-order valence-electron chi connectivity index (χ3n) is 4.48. The van der Waals surface area contributed by atoms with Crippen molar-refractivity contribution in [2.75, 3.05) is 29.9 Å². The molecule has 1 saturated heterocycles. The number of likely N-dealkylation sites (N-methyl/N-ethyl adjacent to an activating group) is 1. The van der Waals surface area contributed by atoms with Crippen molar-refractivity contribution in [2.24, 2.45) is 0 Å². The number of rotatable bonds is 3. The van der Waals surface area contributed by atoms with Crippen LogP contribution < -0.4 is 9.80 Å². The number of nitriles is 1. The van der Waals surface area contributed by atoms with E-state index < -0.39 is 0 Å². The fourth-order valence-corrected chi connectivity index (χ4v) is 3.15. The largest absolute Gasteiger partial charge is 0.367 e. The molecular formula is C16H16N8. The van der Waals surface area contributed by atoms with Crippen LogP contribution in [-0.2, 0) is 0 Å². The van der Waals surface area contributed by atoms with Gasteiger partial charge in [-0.25, -0.2) is 19.9 Å². The molecule has 1 aliphatic rings. The van der Waals surface area contributed by atoms with Crippen molar-refractivity contribution in [1.82, 2.24) is 24.9 Å². The van der Waals surface area contributed by atoms with Crippen LogP contribution in [0, 0.1) is 11.3 Å². The molecule has 3 aromatic rings. The SMILES string of the molecule is CN(c1ncnc2[nH]ccc12)[C@H]1CCN(c2cnc(C#N)nc2)C1. The van der Waals surface area contributed by atoms with E-state index in [4.69, 9.17) is 5.26 Å². The van der Waals surface area contributed by atoms with Gasteiger partial charge in [0.25, 0.3) is 0 Å². The monoisotopic (exact) mass is 320 g/mol. The van der Waals surface area contributed by atoms with Crippen LogP contribution in [-0.4, -0.2) is 51.1 Å². The van der Waals surface area contributed by atoms with Crippen LogP contribution in [0.2, 0.25) is 0 Å². The van der Waals surface area contributed by atoms with E-state index in [1.807, 2.05) is 18.3 Å². The van der Waals surface area contributed by atoms with Gasteiger partial charge in [-0.05, 0) is 12.5 Å². The summed E-state index contributed by atoms with van der Waals surface area (Å²) in [7, 11) is 2.07. The molecule has 4 heterocycles. The highest BCUT2D eigenvalue weighted by molar-refractivity contribution is 5.87. The molecule has 0 amide bonds. The van der Waals surface area contributed by atoms with Crippen LogP contribution >= 0.6 is 0 Å². The molecule has 8 nitrogen and oxygen atoms in total. The summed E-state index contributed by atoms with van der Waals surface area (Å²) < 4.78 is 0. The van der Waals surface area contributed by atoms with Crippen molar-refractivity contribution in [2.45, 2.75) is 12.5 Å². The maximum atomic E-state index is 8.79. The Morgan fingerprint density at radius 2 is 2.12 bits per heavy atom. The van der Waals surface area contributed by atoms with Crippen LogP contribution in [0.15, 0.2) is 31.0 Å². The highest BCUT2D eigenvalue weighted by Crippen LogP contribution is 2.27. The first-order valence-corrected chi connectivity index (χ1v) is 7.74. The van der Waals surface area contributed by atoms with Gasteiger partial charge in [-0.15, -0.1) is 0 Å². The summed E-state index contributed by atoms with van der Waals surface area (Å²) in [4.78, 5) is 24.4. The average Bonchev–Trinajstić information content (AvgIpc) is 3.30. The van der Waals surface area contributed by atoms with Crippen molar-refractivity contribution >= 4 is 22.5 Å². The lowest BCUT2D eigenvalue weighted by Crippen LogP contribution is -2.35. The second-order valence-electron chi connectivity index (χ2n) is 5.81. The minimum Gasteiger partial charge on any atom is -0.367 e. The zero-order valence-electron chi connectivity index (χ0n) is 13.2. The molecule has 0 aliphatic carbocycles. The third-order valence-corrected chi connectivity index (χ3v) is 4.48. The molecular weight excluding hydrogens is 304 g/mol.